The minimum absolute atomic E-state index is 0.877. The fourth-order valence-electron chi connectivity index (χ4n) is 2.01. The molecule has 3 heteroatoms. The molecule has 0 aliphatic carbocycles. The van der Waals surface area contributed by atoms with E-state index in [-0.39, 0.29) is 0 Å². The number of rotatable bonds is 3. The third-order valence-corrected chi connectivity index (χ3v) is 2.82. The van der Waals surface area contributed by atoms with E-state index >= 15 is 0 Å². The highest BCUT2D eigenvalue weighted by molar-refractivity contribution is 5.85. The fraction of sp³-hybridized carbons (Fsp3) is 0.133. The van der Waals surface area contributed by atoms with Crippen molar-refractivity contribution in [3.8, 4) is 5.69 Å². The van der Waals surface area contributed by atoms with Crippen LogP contribution in [0.25, 0.3) is 11.8 Å². The van der Waals surface area contributed by atoms with E-state index in [1.807, 2.05) is 38.1 Å². The van der Waals surface area contributed by atoms with Crippen molar-refractivity contribution in [2.75, 3.05) is 0 Å². The molecule has 92 valence electrons. The summed E-state index contributed by atoms with van der Waals surface area (Å²) in [5, 5.41) is 8.62. The molecule has 1 N–H and O–H groups in total. The monoisotopic (exact) mass is 241 g/mol. The van der Waals surface area contributed by atoms with Crippen LogP contribution in [-0.2, 0) is 4.79 Å². The lowest BCUT2D eigenvalue weighted by atomic mass is 10.2. The van der Waals surface area contributed by atoms with Gasteiger partial charge in [0.2, 0.25) is 0 Å². The number of carboxylic acid groups (broad SMARTS) is 1. The van der Waals surface area contributed by atoms with Crippen LogP contribution in [0.5, 0.6) is 0 Å². The van der Waals surface area contributed by atoms with Crippen molar-refractivity contribution < 1.29 is 9.90 Å². The number of benzene rings is 1. The zero-order valence-electron chi connectivity index (χ0n) is 10.4. The second kappa shape index (κ2) is 4.92. The number of aromatic nitrogens is 1. The maximum atomic E-state index is 10.5. The Morgan fingerprint density at radius 3 is 2.44 bits per heavy atom. The van der Waals surface area contributed by atoms with Gasteiger partial charge >= 0.3 is 5.97 Å². The summed E-state index contributed by atoms with van der Waals surface area (Å²) < 4.78 is 2.14. The smallest absolute Gasteiger partial charge is 0.328 e. The molecule has 1 aromatic carbocycles. The van der Waals surface area contributed by atoms with E-state index in [1.54, 1.807) is 6.08 Å². The zero-order chi connectivity index (χ0) is 13.1. The number of hydrogen-bond acceptors (Lipinski definition) is 1. The van der Waals surface area contributed by atoms with Crippen LogP contribution in [0.2, 0.25) is 0 Å². The van der Waals surface area contributed by atoms with E-state index in [2.05, 4.69) is 16.7 Å². The summed E-state index contributed by atoms with van der Waals surface area (Å²) in [5.41, 5.74) is 4.24. The molecule has 0 unspecified atom stereocenters. The van der Waals surface area contributed by atoms with Gasteiger partial charge in [0.25, 0.3) is 0 Å². The largest absolute Gasteiger partial charge is 0.478 e. The summed E-state index contributed by atoms with van der Waals surface area (Å²) in [4.78, 5) is 10.5. The minimum Gasteiger partial charge on any atom is -0.478 e. The van der Waals surface area contributed by atoms with Gasteiger partial charge < -0.3 is 9.67 Å². The maximum absolute atomic E-state index is 10.5. The summed E-state index contributed by atoms with van der Waals surface area (Å²) in [6.45, 7) is 4.10. The van der Waals surface area contributed by atoms with Crippen molar-refractivity contribution in [1.82, 2.24) is 4.57 Å². The molecule has 0 aliphatic heterocycles. The molecular formula is C15H15NO2. The first-order valence-electron chi connectivity index (χ1n) is 5.74. The quantitative estimate of drug-likeness (QED) is 0.838. The van der Waals surface area contributed by atoms with Gasteiger partial charge in [-0.1, -0.05) is 12.1 Å². The van der Waals surface area contributed by atoms with Crippen LogP contribution in [0.15, 0.2) is 42.5 Å². The molecule has 2 rings (SSSR count). The first kappa shape index (κ1) is 12.2. The number of nitrogens with zero attached hydrogens (tertiary/aromatic N) is 1. The normalized spacial score (nSPS) is 11.0. The number of carbonyl (C=O) groups is 1. The molecule has 1 heterocycles. The molecule has 0 saturated heterocycles. The molecule has 2 aromatic rings. The van der Waals surface area contributed by atoms with Crippen LogP contribution in [0.4, 0.5) is 0 Å². The Morgan fingerprint density at radius 2 is 1.83 bits per heavy atom. The number of hydrogen-bond donors (Lipinski definition) is 1. The lowest BCUT2D eigenvalue weighted by Crippen LogP contribution is -1.98. The van der Waals surface area contributed by atoms with Crippen molar-refractivity contribution in [2.45, 2.75) is 13.8 Å². The standard InChI is InChI=1S/C15H15NO2/c1-11-6-7-12(2)16(11)14-5-3-4-13(10-14)8-9-15(17)18/h3-10H,1-2H3,(H,17,18)/b9-8+. The van der Waals surface area contributed by atoms with E-state index in [0.717, 1.165) is 28.7 Å². The number of aryl methyl sites for hydroxylation is 2. The lowest BCUT2D eigenvalue weighted by Gasteiger charge is -2.09. The van der Waals surface area contributed by atoms with Crippen LogP contribution in [0.3, 0.4) is 0 Å². The van der Waals surface area contributed by atoms with Gasteiger partial charge in [-0.25, -0.2) is 4.79 Å². The SMILES string of the molecule is Cc1ccc(C)n1-c1cccc(/C=C/C(=O)O)c1. The molecule has 1 aromatic heterocycles. The second-order valence-electron chi connectivity index (χ2n) is 4.22. The molecule has 0 bridgehead atoms. The van der Waals surface area contributed by atoms with E-state index < -0.39 is 5.97 Å². The average molecular weight is 241 g/mol. The molecule has 0 atom stereocenters. The predicted molar refractivity (Wildman–Crippen MR) is 71.9 cm³/mol. The first-order chi connectivity index (χ1) is 8.58. The Balaban J connectivity index is 2.42. The lowest BCUT2D eigenvalue weighted by molar-refractivity contribution is -0.131. The van der Waals surface area contributed by atoms with Gasteiger partial charge in [-0.05, 0) is 49.8 Å². The van der Waals surface area contributed by atoms with Gasteiger partial charge in [0.05, 0.1) is 0 Å². The number of carboxylic acids is 1. The van der Waals surface area contributed by atoms with Crippen LogP contribution >= 0.6 is 0 Å². The third kappa shape index (κ3) is 2.51. The van der Waals surface area contributed by atoms with Crippen LogP contribution in [0.1, 0.15) is 17.0 Å². The Labute approximate surface area is 106 Å². The Bertz CT molecular complexity index is 589. The molecule has 0 spiro atoms. The number of aliphatic carboxylic acids is 1. The minimum atomic E-state index is -0.936. The van der Waals surface area contributed by atoms with Gasteiger partial charge in [-0.15, -0.1) is 0 Å². The fourth-order valence-corrected chi connectivity index (χ4v) is 2.01. The topological polar surface area (TPSA) is 42.2 Å². The van der Waals surface area contributed by atoms with E-state index in [4.69, 9.17) is 5.11 Å². The molecule has 3 nitrogen and oxygen atoms in total. The Morgan fingerprint density at radius 1 is 1.17 bits per heavy atom. The van der Waals surface area contributed by atoms with Crippen LogP contribution in [0, 0.1) is 13.8 Å². The Hall–Kier alpha value is -2.29. The summed E-state index contributed by atoms with van der Waals surface area (Å²) in [7, 11) is 0. The van der Waals surface area contributed by atoms with E-state index in [9.17, 15) is 4.79 Å². The molecule has 0 radical (unpaired) electrons. The third-order valence-electron chi connectivity index (χ3n) is 2.82. The zero-order valence-corrected chi connectivity index (χ0v) is 10.4. The highest BCUT2D eigenvalue weighted by Crippen LogP contribution is 2.18. The molecule has 18 heavy (non-hydrogen) atoms. The summed E-state index contributed by atoms with van der Waals surface area (Å²) in [5.74, 6) is -0.936. The second-order valence-corrected chi connectivity index (χ2v) is 4.22. The predicted octanol–water partition coefficient (Wildman–Crippen LogP) is 3.19. The highest BCUT2D eigenvalue weighted by atomic mass is 16.4. The van der Waals surface area contributed by atoms with Crippen LogP contribution < -0.4 is 0 Å². The van der Waals surface area contributed by atoms with Gasteiger partial charge in [-0.3, -0.25) is 0 Å². The highest BCUT2D eigenvalue weighted by Gasteiger charge is 2.03. The molecule has 0 aliphatic rings. The van der Waals surface area contributed by atoms with Crippen molar-refractivity contribution in [3.05, 3.63) is 59.4 Å². The van der Waals surface area contributed by atoms with Crippen molar-refractivity contribution >= 4 is 12.0 Å². The maximum Gasteiger partial charge on any atom is 0.328 e. The summed E-state index contributed by atoms with van der Waals surface area (Å²) >= 11 is 0. The Kier molecular flexibility index (Phi) is 3.33. The summed E-state index contributed by atoms with van der Waals surface area (Å²) in [6, 6.07) is 11.9. The van der Waals surface area contributed by atoms with Gasteiger partial charge in [0, 0.05) is 23.2 Å². The van der Waals surface area contributed by atoms with Crippen molar-refractivity contribution in [3.63, 3.8) is 0 Å². The molecule has 0 fully saturated rings. The van der Waals surface area contributed by atoms with Crippen LogP contribution in [-0.4, -0.2) is 15.6 Å². The van der Waals surface area contributed by atoms with Gasteiger partial charge in [-0.2, -0.15) is 0 Å². The molecule has 0 amide bonds. The van der Waals surface area contributed by atoms with E-state index in [0.29, 0.717) is 0 Å². The van der Waals surface area contributed by atoms with E-state index in [1.165, 1.54) is 0 Å². The first-order valence-corrected chi connectivity index (χ1v) is 5.74. The van der Waals surface area contributed by atoms with Gasteiger partial charge in [0.1, 0.15) is 0 Å². The van der Waals surface area contributed by atoms with Crippen molar-refractivity contribution in [1.29, 1.82) is 0 Å². The summed E-state index contributed by atoms with van der Waals surface area (Å²) in [6.07, 6.45) is 2.74. The van der Waals surface area contributed by atoms with Gasteiger partial charge in [0.15, 0.2) is 0 Å². The average Bonchev–Trinajstić information content (AvgIpc) is 2.67. The van der Waals surface area contributed by atoms with Crippen molar-refractivity contribution in [2.24, 2.45) is 0 Å². The molecular weight excluding hydrogens is 226 g/mol. The molecule has 0 saturated carbocycles.